The number of hydrogen-bond acceptors (Lipinski definition) is 3. The van der Waals surface area contributed by atoms with Crippen molar-refractivity contribution in [3.63, 3.8) is 0 Å². The fourth-order valence-corrected chi connectivity index (χ4v) is 5.71. The van der Waals surface area contributed by atoms with Gasteiger partial charge in [-0.15, -0.1) is 11.3 Å². The first-order valence-electron chi connectivity index (χ1n) is 7.23. The van der Waals surface area contributed by atoms with E-state index in [0.29, 0.717) is 20.5 Å². The Hall–Kier alpha value is -2.02. The third kappa shape index (κ3) is 2.56. The Bertz CT molecular complexity index is 1180. The standard InChI is InChI=1S/C17H13ClN2O2S2/c1-10-14-8-12(18)3-5-16(14)23-17(10)24(21,22)20-13-4-2-11-6-7-19-15(11)9-13/h2-9,19-20H,1H3. The molecule has 2 N–H and O–H groups in total. The van der Waals surface area contributed by atoms with E-state index in [4.69, 9.17) is 11.6 Å². The normalized spacial score (nSPS) is 12.1. The van der Waals surface area contributed by atoms with Crippen molar-refractivity contribution in [3.8, 4) is 0 Å². The summed E-state index contributed by atoms with van der Waals surface area (Å²) in [5.41, 5.74) is 2.13. The predicted molar refractivity (Wildman–Crippen MR) is 101 cm³/mol. The third-order valence-electron chi connectivity index (χ3n) is 3.91. The number of rotatable bonds is 3. The molecule has 4 aromatic rings. The molecular formula is C17H13ClN2O2S2. The number of thiophene rings is 1. The van der Waals surface area contributed by atoms with E-state index in [-0.39, 0.29) is 0 Å². The lowest BCUT2D eigenvalue weighted by atomic mass is 10.2. The molecule has 0 bridgehead atoms. The van der Waals surface area contributed by atoms with E-state index < -0.39 is 10.0 Å². The van der Waals surface area contributed by atoms with Crippen LogP contribution in [0.2, 0.25) is 5.02 Å². The first kappa shape index (κ1) is 15.5. The number of benzene rings is 2. The fraction of sp³-hybridized carbons (Fsp3) is 0.0588. The lowest BCUT2D eigenvalue weighted by molar-refractivity contribution is 0.603. The average molecular weight is 377 g/mol. The van der Waals surface area contributed by atoms with Gasteiger partial charge in [-0.1, -0.05) is 17.7 Å². The molecule has 0 aliphatic rings. The molecule has 0 atom stereocenters. The van der Waals surface area contributed by atoms with E-state index in [9.17, 15) is 8.42 Å². The second-order valence-electron chi connectivity index (χ2n) is 5.54. The van der Waals surface area contributed by atoms with Gasteiger partial charge in [0.2, 0.25) is 0 Å². The minimum absolute atomic E-state index is 0.311. The number of aromatic nitrogens is 1. The van der Waals surface area contributed by atoms with Gasteiger partial charge in [-0.2, -0.15) is 0 Å². The minimum Gasteiger partial charge on any atom is -0.361 e. The quantitative estimate of drug-likeness (QED) is 0.519. The first-order chi connectivity index (χ1) is 11.4. The third-order valence-corrected chi connectivity index (χ3v) is 7.42. The molecule has 0 saturated heterocycles. The van der Waals surface area contributed by atoms with Crippen LogP contribution in [0.1, 0.15) is 5.56 Å². The molecule has 122 valence electrons. The van der Waals surface area contributed by atoms with Crippen LogP contribution in [0, 0.1) is 6.92 Å². The van der Waals surface area contributed by atoms with Gasteiger partial charge >= 0.3 is 0 Å². The van der Waals surface area contributed by atoms with Gasteiger partial charge in [0.25, 0.3) is 10.0 Å². The number of aryl methyl sites for hydroxylation is 1. The summed E-state index contributed by atoms with van der Waals surface area (Å²) in [4.78, 5) is 3.08. The second-order valence-corrected chi connectivity index (χ2v) is 8.91. The monoisotopic (exact) mass is 376 g/mol. The Kier molecular flexibility index (Phi) is 3.56. The van der Waals surface area contributed by atoms with Crippen LogP contribution in [-0.4, -0.2) is 13.4 Å². The van der Waals surface area contributed by atoms with Crippen LogP contribution in [0.25, 0.3) is 21.0 Å². The molecular weight excluding hydrogens is 364 g/mol. The zero-order valence-electron chi connectivity index (χ0n) is 12.6. The first-order valence-corrected chi connectivity index (χ1v) is 9.90. The summed E-state index contributed by atoms with van der Waals surface area (Å²) in [6.45, 7) is 1.80. The van der Waals surface area contributed by atoms with E-state index in [1.165, 1.54) is 11.3 Å². The molecule has 0 amide bonds. The molecule has 0 spiro atoms. The van der Waals surface area contributed by atoms with Crippen LogP contribution in [0.15, 0.2) is 52.9 Å². The number of aromatic amines is 1. The second kappa shape index (κ2) is 5.51. The average Bonchev–Trinajstić information content (AvgIpc) is 3.12. The number of fused-ring (bicyclic) bond motifs is 2. The zero-order valence-corrected chi connectivity index (χ0v) is 15.0. The maximum Gasteiger partial charge on any atom is 0.271 e. The summed E-state index contributed by atoms with van der Waals surface area (Å²) >= 11 is 7.27. The highest BCUT2D eigenvalue weighted by Gasteiger charge is 2.22. The van der Waals surface area contributed by atoms with Crippen molar-refractivity contribution < 1.29 is 8.42 Å². The maximum atomic E-state index is 12.8. The topological polar surface area (TPSA) is 62.0 Å². The summed E-state index contributed by atoms with van der Waals surface area (Å²) in [5, 5.41) is 2.50. The summed E-state index contributed by atoms with van der Waals surface area (Å²) in [7, 11) is -3.66. The highest BCUT2D eigenvalue weighted by molar-refractivity contribution is 7.94. The van der Waals surface area contributed by atoms with E-state index >= 15 is 0 Å². The minimum atomic E-state index is -3.66. The van der Waals surface area contributed by atoms with Crippen molar-refractivity contribution in [3.05, 3.63) is 59.2 Å². The molecule has 4 rings (SSSR count). The number of H-pyrrole nitrogens is 1. The predicted octanol–water partition coefficient (Wildman–Crippen LogP) is 5.15. The lowest BCUT2D eigenvalue weighted by Crippen LogP contribution is -2.12. The molecule has 24 heavy (non-hydrogen) atoms. The summed E-state index contributed by atoms with van der Waals surface area (Å²) in [6.07, 6.45) is 1.82. The van der Waals surface area contributed by atoms with Crippen molar-refractivity contribution in [1.29, 1.82) is 0 Å². The highest BCUT2D eigenvalue weighted by Crippen LogP contribution is 2.36. The van der Waals surface area contributed by atoms with Gasteiger partial charge in [0.05, 0.1) is 5.69 Å². The molecule has 0 unspecified atom stereocenters. The Morgan fingerprint density at radius 1 is 1.12 bits per heavy atom. The van der Waals surface area contributed by atoms with Crippen molar-refractivity contribution in [2.45, 2.75) is 11.1 Å². The maximum absolute atomic E-state index is 12.8. The van der Waals surface area contributed by atoms with Crippen molar-refractivity contribution >= 4 is 59.6 Å². The summed E-state index contributed by atoms with van der Waals surface area (Å²) in [5.74, 6) is 0. The number of hydrogen-bond donors (Lipinski definition) is 2. The number of sulfonamides is 1. The van der Waals surface area contributed by atoms with Crippen molar-refractivity contribution in [2.75, 3.05) is 4.72 Å². The van der Waals surface area contributed by atoms with Gasteiger partial charge in [-0.3, -0.25) is 4.72 Å². The van der Waals surface area contributed by atoms with Crippen LogP contribution in [0.4, 0.5) is 5.69 Å². The van der Waals surface area contributed by atoms with Crippen LogP contribution < -0.4 is 4.72 Å². The Balaban J connectivity index is 1.78. The van der Waals surface area contributed by atoms with Gasteiger partial charge in [-0.05, 0) is 59.7 Å². The molecule has 0 radical (unpaired) electrons. The van der Waals surface area contributed by atoms with E-state index in [2.05, 4.69) is 9.71 Å². The van der Waals surface area contributed by atoms with Gasteiger partial charge in [-0.25, -0.2) is 8.42 Å². The smallest absolute Gasteiger partial charge is 0.271 e. The molecule has 7 heteroatoms. The molecule has 0 fully saturated rings. The molecule has 0 aliphatic carbocycles. The molecule has 2 aromatic carbocycles. The van der Waals surface area contributed by atoms with Gasteiger partial charge in [0.15, 0.2) is 0 Å². The lowest BCUT2D eigenvalue weighted by Gasteiger charge is -2.07. The van der Waals surface area contributed by atoms with E-state index in [1.807, 2.05) is 24.4 Å². The van der Waals surface area contributed by atoms with Crippen molar-refractivity contribution in [2.24, 2.45) is 0 Å². The fourth-order valence-electron chi connectivity index (χ4n) is 2.74. The van der Waals surface area contributed by atoms with Crippen LogP contribution in [-0.2, 0) is 10.0 Å². The van der Waals surface area contributed by atoms with E-state index in [1.54, 1.807) is 31.2 Å². The highest BCUT2D eigenvalue weighted by atomic mass is 35.5. The Morgan fingerprint density at radius 3 is 2.79 bits per heavy atom. The Morgan fingerprint density at radius 2 is 1.96 bits per heavy atom. The number of anilines is 1. The molecule has 0 aliphatic heterocycles. The molecule has 2 heterocycles. The molecule has 0 saturated carbocycles. The van der Waals surface area contributed by atoms with Crippen LogP contribution in [0.5, 0.6) is 0 Å². The summed E-state index contributed by atoms with van der Waals surface area (Å²) in [6, 6.07) is 12.8. The van der Waals surface area contributed by atoms with Gasteiger partial charge in [0.1, 0.15) is 4.21 Å². The summed E-state index contributed by atoms with van der Waals surface area (Å²) < 4.78 is 29.5. The van der Waals surface area contributed by atoms with Gasteiger partial charge in [0, 0.05) is 21.4 Å². The van der Waals surface area contributed by atoms with Gasteiger partial charge < -0.3 is 4.98 Å². The van der Waals surface area contributed by atoms with Crippen LogP contribution in [0.3, 0.4) is 0 Å². The van der Waals surface area contributed by atoms with Crippen LogP contribution >= 0.6 is 22.9 Å². The van der Waals surface area contributed by atoms with E-state index in [0.717, 1.165) is 21.0 Å². The number of halogens is 1. The molecule has 4 nitrogen and oxygen atoms in total. The van der Waals surface area contributed by atoms with Crippen molar-refractivity contribution in [1.82, 2.24) is 4.98 Å². The zero-order chi connectivity index (χ0) is 16.9. The number of nitrogens with one attached hydrogen (secondary N) is 2. The Labute approximate surface area is 148 Å². The largest absolute Gasteiger partial charge is 0.361 e. The SMILES string of the molecule is Cc1c(S(=O)(=O)Nc2ccc3cc[nH]c3c2)sc2ccc(Cl)cc12. The molecule has 2 aromatic heterocycles.